The number of halogens is 3. The Labute approximate surface area is 245 Å². The molecule has 0 spiro atoms. The van der Waals surface area contributed by atoms with Crippen LogP contribution in [0.25, 0.3) is 11.2 Å². The van der Waals surface area contributed by atoms with Crippen molar-refractivity contribution in [2.75, 3.05) is 6.54 Å². The van der Waals surface area contributed by atoms with Gasteiger partial charge in [0, 0.05) is 11.8 Å². The first-order valence-corrected chi connectivity index (χ1v) is 15.2. The Morgan fingerprint density at radius 2 is 1.73 bits per heavy atom. The van der Waals surface area contributed by atoms with Crippen molar-refractivity contribution >= 4 is 11.2 Å². The van der Waals surface area contributed by atoms with Gasteiger partial charge in [-0.25, -0.2) is 19.9 Å². The second-order valence-corrected chi connectivity index (χ2v) is 11.2. The lowest BCUT2D eigenvalue weighted by Crippen LogP contribution is -2.25. The maximum Gasteiger partial charge on any atom is 0.391 e. The fourth-order valence-corrected chi connectivity index (χ4v) is 5.68. The highest BCUT2D eigenvalue weighted by atomic mass is 19.4. The molecule has 0 radical (unpaired) electrons. The van der Waals surface area contributed by atoms with Gasteiger partial charge in [-0.15, -0.1) is 0 Å². The first-order valence-electron chi connectivity index (χ1n) is 15.2. The van der Waals surface area contributed by atoms with Gasteiger partial charge in [0.05, 0.1) is 23.0 Å². The minimum Gasteiger partial charge on any atom is -0.331 e. The van der Waals surface area contributed by atoms with E-state index in [1.807, 2.05) is 40.7 Å². The van der Waals surface area contributed by atoms with Crippen molar-refractivity contribution in [3.63, 3.8) is 0 Å². The Morgan fingerprint density at radius 3 is 2.27 bits per heavy atom. The number of rotatable bonds is 10. The zero-order valence-corrected chi connectivity index (χ0v) is 26.1. The first kappa shape index (κ1) is 34.6. The summed E-state index contributed by atoms with van der Waals surface area (Å²) in [7, 11) is 0. The molecule has 2 heterocycles. The van der Waals surface area contributed by atoms with Gasteiger partial charge in [0.1, 0.15) is 11.3 Å². The van der Waals surface area contributed by atoms with Gasteiger partial charge in [-0.1, -0.05) is 64.5 Å². The van der Waals surface area contributed by atoms with E-state index >= 15 is 0 Å². The van der Waals surface area contributed by atoms with Crippen molar-refractivity contribution in [2.45, 2.75) is 118 Å². The number of alkyl halides is 3. The summed E-state index contributed by atoms with van der Waals surface area (Å²) in [6, 6.07) is 0. The van der Waals surface area contributed by atoms with E-state index in [9.17, 15) is 13.2 Å². The third-order valence-electron chi connectivity index (χ3n) is 7.99. The number of fused-ring (bicyclic) bond motifs is 1. The molecule has 0 amide bonds. The van der Waals surface area contributed by atoms with Crippen LogP contribution in [0, 0.1) is 18.8 Å². The van der Waals surface area contributed by atoms with Crippen LogP contribution in [0.2, 0.25) is 0 Å². The normalized spacial score (nSPS) is 19.6. The summed E-state index contributed by atoms with van der Waals surface area (Å²) in [5, 5.41) is 0. The molecule has 41 heavy (non-hydrogen) atoms. The quantitative estimate of drug-likeness (QED) is 0.287. The van der Waals surface area contributed by atoms with Crippen LogP contribution in [0.1, 0.15) is 121 Å². The number of hydrogen-bond donors (Lipinski definition) is 1. The summed E-state index contributed by atoms with van der Waals surface area (Å²) >= 11 is 0. The highest BCUT2D eigenvalue weighted by Crippen LogP contribution is 2.42. The first-order chi connectivity index (χ1) is 19.4. The average Bonchev–Trinajstić information content (AvgIpc) is 2.93. The van der Waals surface area contributed by atoms with Gasteiger partial charge in [0.15, 0.2) is 5.65 Å². The number of nitrogens with two attached hydrogens (primary N) is 1. The molecule has 2 N–H and O–H groups in total. The third-order valence-corrected chi connectivity index (χ3v) is 7.99. The molecule has 8 heteroatoms. The minimum atomic E-state index is -4.23. The SMILES string of the molecule is C=C(C)/C=C\C(=C/C)C1CCCC(c2nc(C(CC)CC(CC)C(F)(F)F)c3nc(CC)c(C)nc3n2)C1.CCN. The molecule has 1 aliphatic carbocycles. The number of nitrogens with zero attached hydrogens (tertiary/aromatic N) is 4. The molecule has 0 saturated heterocycles. The van der Waals surface area contributed by atoms with Crippen LogP contribution in [0.5, 0.6) is 0 Å². The van der Waals surface area contributed by atoms with E-state index in [0.29, 0.717) is 41.4 Å². The Bertz CT molecular complexity index is 1200. The number of allylic oxidation sites excluding steroid dienone is 5. The lowest BCUT2D eigenvalue weighted by atomic mass is 9.77. The van der Waals surface area contributed by atoms with Gasteiger partial charge >= 0.3 is 6.18 Å². The maximum atomic E-state index is 13.8. The molecule has 4 unspecified atom stereocenters. The summed E-state index contributed by atoms with van der Waals surface area (Å²) in [4.78, 5) is 19.6. The van der Waals surface area contributed by atoms with Crippen LogP contribution in [-0.2, 0) is 6.42 Å². The van der Waals surface area contributed by atoms with E-state index < -0.39 is 12.1 Å². The highest BCUT2D eigenvalue weighted by Gasteiger charge is 2.40. The molecule has 4 atom stereocenters. The molecule has 5 nitrogen and oxygen atoms in total. The minimum absolute atomic E-state index is 0.000773. The summed E-state index contributed by atoms with van der Waals surface area (Å²) in [5.74, 6) is -0.532. The van der Waals surface area contributed by atoms with E-state index in [1.165, 1.54) is 5.57 Å². The fourth-order valence-electron chi connectivity index (χ4n) is 5.68. The van der Waals surface area contributed by atoms with Gasteiger partial charge in [-0.2, -0.15) is 13.2 Å². The maximum absolute atomic E-state index is 13.8. The summed E-state index contributed by atoms with van der Waals surface area (Å²) < 4.78 is 41.3. The number of aromatic nitrogens is 4. The van der Waals surface area contributed by atoms with Crippen LogP contribution in [0.4, 0.5) is 13.2 Å². The van der Waals surface area contributed by atoms with E-state index in [2.05, 4.69) is 25.7 Å². The van der Waals surface area contributed by atoms with Crippen LogP contribution < -0.4 is 5.73 Å². The van der Waals surface area contributed by atoms with Crippen molar-refractivity contribution in [1.29, 1.82) is 0 Å². The Morgan fingerprint density at radius 1 is 1.05 bits per heavy atom. The van der Waals surface area contributed by atoms with E-state index in [1.54, 1.807) is 6.92 Å². The molecular weight excluding hydrogens is 523 g/mol. The summed E-state index contributed by atoms with van der Waals surface area (Å²) in [6.45, 7) is 18.1. The molecule has 2 aromatic rings. The van der Waals surface area contributed by atoms with E-state index in [4.69, 9.17) is 25.7 Å². The predicted molar refractivity (Wildman–Crippen MR) is 164 cm³/mol. The second kappa shape index (κ2) is 16.1. The molecule has 0 bridgehead atoms. The molecule has 228 valence electrons. The zero-order valence-electron chi connectivity index (χ0n) is 26.1. The monoisotopic (exact) mass is 573 g/mol. The van der Waals surface area contributed by atoms with Crippen molar-refractivity contribution in [3.05, 3.63) is 58.9 Å². The summed E-state index contributed by atoms with van der Waals surface area (Å²) in [5.41, 5.74) is 10.5. The van der Waals surface area contributed by atoms with Crippen LogP contribution in [-0.4, -0.2) is 32.7 Å². The molecule has 1 aliphatic rings. The van der Waals surface area contributed by atoms with E-state index in [0.717, 1.165) is 49.2 Å². The van der Waals surface area contributed by atoms with Crippen LogP contribution >= 0.6 is 0 Å². The van der Waals surface area contributed by atoms with Crippen LogP contribution in [0.3, 0.4) is 0 Å². The fraction of sp³-hybridized carbons (Fsp3) is 0.636. The van der Waals surface area contributed by atoms with Gasteiger partial charge in [-0.05, 0) is 83.8 Å². The summed E-state index contributed by atoms with van der Waals surface area (Å²) in [6.07, 6.45) is 7.43. The van der Waals surface area contributed by atoms with Gasteiger partial charge in [0.2, 0.25) is 0 Å². The molecule has 1 fully saturated rings. The van der Waals surface area contributed by atoms with Gasteiger partial charge in [-0.3, -0.25) is 0 Å². The lowest BCUT2D eigenvalue weighted by molar-refractivity contribution is -0.178. The second-order valence-electron chi connectivity index (χ2n) is 11.2. The number of aryl methyl sites for hydroxylation is 2. The highest BCUT2D eigenvalue weighted by molar-refractivity contribution is 5.73. The molecule has 0 aliphatic heterocycles. The zero-order chi connectivity index (χ0) is 30.7. The lowest BCUT2D eigenvalue weighted by Gasteiger charge is -2.30. The Kier molecular flexibility index (Phi) is 13.6. The molecular formula is C33H50F3N5. The largest absolute Gasteiger partial charge is 0.391 e. The molecule has 0 aromatic carbocycles. The van der Waals surface area contributed by atoms with Crippen molar-refractivity contribution in [1.82, 2.24) is 19.9 Å². The van der Waals surface area contributed by atoms with Gasteiger partial charge in [0.25, 0.3) is 0 Å². The van der Waals surface area contributed by atoms with Gasteiger partial charge < -0.3 is 5.73 Å². The molecule has 2 aromatic heterocycles. The topological polar surface area (TPSA) is 77.6 Å². The predicted octanol–water partition coefficient (Wildman–Crippen LogP) is 9.08. The molecule has 3 rings (SSSR count). The number of hydrogen-bond acceptors (Lipinski definition) is 5. The Hall–Kier alpha value is -2.61. The Balaban J connectivity index is 0.00000187. The van der Waals surface area contributed by atoms with Crippen LogP contribution in [0.15, 0.2) is 36.0 Å². The smallest absolute Gasteiger partial charge is 0.331 e. The van der Waals surface area contributed by atoms with Crippen molar-refractivity contribution in [2.24, 2.45) is 17.6 Å². The third kappa shape index (κ3) is 9.45. The molecule has 1 saturated carbocycles. The average molecular weight is 574 g/mol. The van der Waals surface area contributed by atoms with Crippen molar-refractivity contribution < 1.29 is 13.2 Å². The van der Waals surface area contributed by atoms with E-state index in [-0.39, 0.29) is 24.7 Å². The van der Waals surface area contributed by atoms with Crippen molar-refractivity contribution in [3.8, 4) is 0 Å². The standard InChI is InChI=1S/C31H43F3N4.C2H7N/c1-8-21(16-15-19(5)6)23-13-12-14-24(17-23)29-37-27(22(9-2)18-25(10-3)31(32,33)34)28-30(38-29)35-20(7)26(11-4)36-28;1-2-3/h8,15-16,22-25H,5,9-14,17-18H2,1-4,6-7H3;2-3H2,1H3/b16-15-,21-8+;.